The molecule has 1 amide bonds. The molecule has 0 bridgehead atoms. The first-order valence-electron chi connectivity index (χ1n) is 10.8. The summed E-state index contributed by atoms with van der Waals surface area (Å²) in [4.78, 5) is 24.6. The summed E-state index contributed by atoms with van der Waals surface area (Å²) in [5.74, 6) is 0.882. The predicted molar refractivity (Wildman–Crippen MR) is 120 cm³/mol. The number of ether oxygens (including phenoxy) is 1. The van der Waals surface area contributed by atoms with Crippen molar-refractivity contribution in [2.45, 2.75) is 64.3 Å². The fourth-order valence-corrected chi connectivity index (χ4v) is 4.75. The van der Waals surface area contributed by atoms with Crippen molar-refractivity contribution in [1.82, 2.24) is 5.32 Å². The van der Waals surface area contributed by atoms with E-state index in [2.05, 4.69) is 5.32 Å². The summed E-state index contributed by atoms with van der Waals surface area (Å²) in [5.41, 5.74) is 9.04. The van der Waals surface area contributed by atoms with E-state index in [1.165, 1.54) is 0 Å². The number of carbonyl (C=O) groups is 1. The van der Waals surface area contributed by atoms with E-state index in [9.17, 15) is 9.59 Å². The quantitative estimate of drug-likeness (QED) is 0.703. The summed E-state index contributed by atoms with van der Waals surface area (Å²) in [6.07, 6.45) is 8.11. The van der Waals surface area contributed by atoms with Crippen molar-refractivity contribution in [3.05, 3.63) is 39.2 Å². The number of halogens is 1. The number of hydrogen-bond donors (Lipinski definition) is 2. The maximum atomic E-state index is 12.4. The molecule has 0 spiro atoms. The molecule has 0 unspecified atom stereocenters. The molecular weight excluding hydrogens is 404 g/mol. The molecule has 3 N–H and O–H groups in total. The second-order valence-electron chi connectivity index (χ2n) is 8.50. The smallest absolute Gasteiger partial charge is 0.339 e. The molecule has 0 aliphatic heterocycles. The minimum absolute atomic E-state index is 0. The SMILES string of the molecule is Cc1c(OCC(=O)NC[C@@H]2CCC[C@H](N)C2)ccc2c3c(c(=O)oc12)CCCC3.Cl. The van der Waals surface area contributed by atoms with Crippen molar-refractivity contribution in [3.8, 4) is 5.75 Å². The normalized spacial score (nSPS) is 20.9. The van der Waals surface area contributed by atoms with Crippen LogP contribution >= 0.6 is 12.4 Å². The van der Waals surface area contributed by atoms with Gasteiger partial charge in [-0.2, -0.15) is 0 Å². The first kappa shape index (κ1) is 22.6. The lowest BCUT2D eigenvalue weighted by atomic mass is 9.86. The fraction of sp³-hybridized carbons (Fsp3) is 0.565. The molecule has 1 aromatic heterocycles. The van der Waals surface area contributed by atoms with Crippen LogP contribution in [0.3, 0.4) is 0 Å². The first-order chi connectivity index (χ1) is 14.0. The Bertz CT molecular complexity index is 972. The Kier molecular flexibility index (Phi) is 7.42. The van der Waals surface area contributed by atoms with Crippen LogP contribution in [0.15, 0.2) is 21.3 Å². The lowest BCUT2D eigenvalue weighted by Crippen LogP contribution is -2.37. The van der Waals surface area contributed by atoms with Gasteiger partial charge in [0, 0.05) is 29.1 Å². The average molecular weight is 435 g/mol. The number of amides is 1. The minimum atomic E-state index is -0.240. The highest BCUT2D eigenvalue weighted by molar-refractivity contribution is 5.86. The Balaban J connectivity index is 0.00000256. The third-order valence-corrected chi connectivity index (χ3v) is 6.36. The zero-order valence-corrected chi connectivity index (χ0v) is 18.3. The van der Waals surface area contributed by atoms with Gasteiger partial charge in [-0.25, -0.2) is 4.79 Å². The summed E-state index contributed by atoms with van der Waals surface area (Å²) in [7, 11) is 0. The van der Waals surface area contributed by atoms with Crippen molar-refractivity contribution in [1.29, 1.82) is 0 Å². The Labute approximate surface area is 182 Å². The summed E-state index contributed by atoms with van der Waals surface area (Å²) < 4.78 is 11.4. The van der Waals surface area contributed by atoms with Crippen LogP contribution in [0.5, 0.6) is 5.75 Å². The minimum Gasteiger partial charge on any atom is -0.483 e. The van der Waals surface area contributed by atoms with Gasteiger partial charge in [0.25, 0.3) is 5.91 Å². The Morgan fingerprint density at radius 1 is 1.20 bits per heavy atom. The van der Waals surface area contributed by atoms with Crippen LogP contribution in [0.2, 0.25) is 0 Å². The highest BCUT2D eigenvalue weighted by atomic mass is 35.5. The van der Waals surface area contributed by atoms with Gasteiger partial charge in [-0.1, -0.05) is 6.42 Å². The highest BCUT2D eigenvalue weighted by Crippen LogP contribution is 2.32. The van der Waals surface area contributed by atoms with E-state index in [4.69, 9.17) is 14.9 Å². The summed E-state index contributed by atoms with van der Waals surface area (Å²) in [6.45, 7) is 2.46. The second kappa shape index (κ2) is 9.84. The third-order valence-electron chi connectivity index (χ3n) is 6.36. The van der Waals surface area contributed by atoms with E-state index in [-0.39, 0.29) is 36.6 Å². The van der Waals surface area contributed by atoms with Gasteiger partial charge in [0.15, 0.2) is 6.61 Å². The number of benzene rings is 1. The standard InChI is InChI=1S/C23H30N2O4.ClH/c1-14-20(28-13-21(26)25-12-15-5-4-6-16(24)11-15)10-9-18-17-7-2-3-8-19(17)23(27)29-22(14)18;/h9-10,15-16H,2-8,11-13,24H2,1H3,(H,25,26);1H/t15-,16+;/m1./s1. The largest absolute Gasteiger partial charge is 0.483 e. The van der Waals surface area contributed by atoms with Gasteiger partial charge >= 0.3 is 5.63 Å². The van der Waals surface area contributed by atoms with Gasteiger partial charge in [0.1, 0.15) is 11.3 Å². The van der Waals surface area contributed by atoms with E-state index in [1.807, 2.05) is 19.1 Å². The first-order valence-corrected chi connectivity index (χ1v) is 10.8. The molecule has 1 saturated carbocycles. The molecule has 0 radical (unpaired) electrons. The van der Waals surface area contributed by atoms with E-state index in [1.54, 1.807) is 0 Å². The van der Waals surface area contributed by atoms with Gasteiger partial charge in [-0.3, -0.25) is 4.79 Å². The van der Waals surface area contributed by atoms with Crippen molar-refractivity contribution in [2.24, 2.45) is 11.7 Å². The number of hydrogen-bond acceptors (Lipinski definition) is 5. The summed E-state index contributed by atoms with van der Waals surface area (Å²) in [6, 6.07) is 4.08. The van der Waals surface area contributed by atoms with Crippen molar-refractivity contribution in [2.75, 3.05) is 13.2 Å². The molecule has 0 saturated heterocycles. The molecule has 1 heterocycles. The van der Waals surface area contributed by atoms with Crippen LogP contribution < -0.4 is 21.4 Å². The van der Waals surface area contributed by atoms with Crippen LogP contribution in [-0.4, -0.2) is 25.1 Å². The Morgan fingerprint density at radius 2 is 1.97 bits per heavy atom. The van der Waals surface area contributed by atoms with E-state index >= 15 is 0 Å². The number of rotatable bonds is 5. The summed E-state index contributed by atoms with van der Waals surface area (Å²) in [5, 5.41) is 3.95. The van der Waals surface area contributed by atoms with Crippen molar-refractivity contribution >= 4 is 29.3 Å². The van der Waals surface area contributed by atoms with E-state index in [0.29, 0.717) is 23.8 Å². The molecule has 1 aromatic carbocycles. The Hall–Kier alpha value is -2.05. The molecule has 2 aliphatic carbocycles. The molecule has 2 aliphatic rings. The molecule has 2 atom stereocenters. The maximum absolute atomic E-state index is 12.4. The van der Waals surface area contributed by atoms with Crippen LogP contribution in [-0.2, 0) is 17.6 Å². The van der Waals surface area contributed by atoms with Crippen LogP contribution in [0, 0.1) is 12.8 Å². The third kappa shape index (κ3) is 4.81. The average Bonchev–Trinajstić information content (AvgIpc) is 2.72. The molecule has 7 heteroatoms. The lowest BCUT2D eigenvalue weighted by Gasteiger charge is -2.26. The number of aryl methyl sites for hydroxylation is 2. The van der Waals surface area contributed by atoms with Gasteiger partial charge in [0.05, 0.1) is 0 Å². The van der Waals surface area contributed by atoms with Crippen LogP contribution in [0.1, 0.15) is 55.2 Å². The molecule has 6 nitrogen and oxygen atoms in total. The number of fused-ring (bicyclic) bond motifs is 3. The maximum Gasteiger partial charge on any atom is 0.339 e. The molecule has 30 heavy (non-hydrogen) atoms. The van der Waals surface area contributed by atoms with Crippen molar-refractivity contribution < 1.29 is 13.9 Å². The van der Waals surface area contributed by atoms with Gasteiger partial charge in [0.2, 0.25) is 0 Å². The topological polar surface area (TPSA) is 94.6 Å². The molecular formula is C23H31ClN2O4. The molecule has 2 aromatic rings. The lowest BCUT2D eigenvalue weighted by molar-refractivity contribution is -0.123. The summed E-state index contributed by atoms with van der Waals surface area (Å²) >= 11 is 0. The highest BCUT2D eigenvalue weighted by Gasteiger charge is 2.21. The van der Waals surface area contributed by atoms with E-state index < -0.39 is 0 Å². The van der Waals surface area contributed by atoms with Gasteiger partial charge in [-0.05, 0) is 75.5 Å². The molecule has 1 fully saturated rings. The molecule has 164 valence electrons. The van der Waals surface area contributed by atoms with Gasteiger partial charge in [-0.15, -0.1) is 12.4 Å². The van der Waals surface area contributed by atoms with Crippen LogP contribution in [0.25, 0.3) is 11.0 Å². The zero-order valence-electron chi connectivity index (χ0n) is 17.5. The zero-order chi connectivity index (χ0) is 20.4. The predicted octanol–water partition coefficient (Wildman–Crippen LogP) is 3.41. The fourth-order valence-electron chi connectivity index (χ4n) is 4.75. The van der Waals surface area contributed by atoms with Gasteiger partial charge < -0.3 is 20.2 Å². The number of nitrogens with one attached hydrogen (secondary N) is 1. The van der Waals surface area contributed by atoms with Crippen molar-refractivity contribution in [3.63, 3.8) is 0 Å². The number of nitrogens with two attached hydrogens (primary N) is 1. The number of carbonyl (C=O) groups excluding carboxylic acids is 1. The van der Waals surface area contributed by atoms with E-state index in [0.717, 1.165) is 73.4 Å². The molecule has 4 rings (SSSR count). The second-order valence-corrected chi connectivity index (χ2v) is 8.50. The Morgan fingerprint density at radius 3 is 2.73 bits per heavy atom. The van der Waals surface area contributed by atoms with Crippen LogP contribution in [0.4, 0.5) is 0 Å². The monoisotopic (exact) mass is 434 g/mol.